The Morgan fingerprint density at radius 3 is 2.40 bits per heavy atom. The third kappa shape index (κ3) is 8.06. The molecule has 3 nitrogen and oxygen atoms in total. The van der Waals surface area contributed by atoms with Crippen LogP contribution in [0.2, 0.25) is 0 Å². The number of hydrogen-bond acceptors (Lipinski definition) is 4. The molecule has 0 heterocycles. The third-order valence-corrected chi connectivity index (χ3v) is 5.21. The van der Waals surface area contributed by atoms with Crippen LogP contribution in [0.1, 0.15) is 6.42 Å². The van der Waals surface area contributed by atoms with Crippen LogP contribution in [0.25, 0.3) is 0 Å². The van der Waals surface area contributed by atoms with Crippen LogP contribution in [0, 0.1) is 0 Å². The van der Waals surface area contributed by atoms with Gasteiger partial charge in [0.15, 0.2) is 0 Å². The summed E-state index contributed by atoms with van der Waals surface area (Å²) in [6.45, 7) is 4.53. The molecule has 15 heavy (non-hydrogen) atoms. The average molecular weight is 254 g/mol. The van der Waals surface area contributed by atoms with Gasteiger partial charge < -0.3 is 0 Å². The zero-order chi connectivity index (χ0) is 12.0. The monoisotopic (exact) mass is 254 g/mol. The van der Waals surface area contributed by atoms with E-state index >= 15 is 0 Å². The van der Waals surface area contributed by atoms with Crippen LogP contribution in [0.5, 0.6) is 0 Å². The molecule has 0 atom stereocenters. The van der Waals surface area contributed by atoms with Crippen LogP contribution in [0.4, 0.5) is 0 Å². The number of thioether (sulfide) groups is 1. The van der Waals surface area contributed by atoms with Gasteiger partial charge in [-0.1, -0.05) is 0 Å². The summed E-state index contributed by atoms with van der Waals surface area (Å²) in [6, 6.07) is 0. The van der Waals surface area contributed by atoms with Crippen molar-refractivity contribution >= 4 is 24.6 Å². The second-order valence-corrected chi connectivity index (χ2v) is 12.4. The number of carbonyl (C=O) groups is 1. The maximum absolute atomic E-state index is 11.5. The summed E-state index contributed by atoms with van der Waals surface area (Å²) in [5, 5.41) is 0. The second kappa shape index (κ2) is 6.07. The molecule has 92 valence electrons. The second-order valence-electron chi connectivity index (χ2n) is 4.89. The molecule has 0 aliphatic rings. The van der Waals surface area contributed by atoms with Gasteiger partial charge in [-0.05, 0) is 0 Å². The zero-order valence-electron chi connectivity index (χ0n) is 10.4. The van der Waals surface area contributed by atoms with Crippen LogP contribution in [0.15, 0.2) is 0 Å². The first kappa shape index (κ1) is 15.2. The predicted molar refractivity (Wildman–Crippen MR) is 70.5 cm³/mol. The summed E-state index contributed by atoms with van der Waals surface area (Å²) in [4.78, 5) is 11.5. The number of ether oxygens (including phenoxy) is 1. The quantitative estimate of drug-likeness (QED) is 0.653. The molecule has 0 N–H and O–H groups in total. The first-order valence-electron chi connectivity index (χ1n) is 5.00. The van der Waals surface area contributed by atoms with Gasteiger partial charge in [0.05, 0.1) is 0 Å². The van der Waals surface area contributed by atoms with E-state index in [0.717, 1.165) is 11.9 Å². The van der Waals surface area contributed by atoms with Gasteiger partial charge in [-0.25, -0.2) is 0 Å². The van der Waals surface area contributed by atoms with E-state index in [0.29, 0.717) is 13.0 Å². The molecule has 0 aromatic heterocycles. The van der Waals surface area contributed by atoms with E-state index in [-0.39, 0.29) is 5.97 Å². The summed E-state index contributed by atoms with van der Waals surface area (Å²) < 4.78 is 10.7. The molecular formula is C10H23O3PS. The Hall–Kier alpha value is 0.210. The van der Waals surface area contributed by atoms with Crippen LogP contribution in [-0.2, 0) is 14.1 Å². The standard InChI is InChI=1S/C10H23O3PS/c1-12-7-8-14(2,3,4)13-10(11)6-9-15-5/h6-9H2,1-5H3. The van der Waals surface area contributed by atoms with E-state index in [4.69, 9.17) is 9.26 Å². The molecule has 0 saturated carbocycles. The van der Waals surface area contributed by atoms with Crippen molar-refractivity contribution in [2.75, 3.05) is 51.9 Å². The normalized spacial score (nSPS) is 14.3. The molecule has 5 heteroatoms. The Morgan fingerprint density at radius 1 is 1.33 bits per heavy atom. The van der Waals surface area contributed by atoms with Crippen LogP contribution in [-0.4, -0.2) is 57.9 Å². The van der Waals surface area contributed by atoms with Gasteiger partial charge in [0, 0.05) is 0 Å². The fourth-order valence-electron chi connectivity index (χ4n) is 1.06. The molecular weight excluding hydrogens is 231 g/mol. The number of carbonyl (C=O) groups excluding carboxylic acids is 1. The fourth-order valence-corrected chi connectivity index (χ4v) is 3.17. The summed E-state index contributed by atoms with van der Waals surface area (Å²) in [7, 11) is 1.67. The Balaban J connectivity index is 4.14. The summed E-state index contributed by atoms with van der Waals surface area (Å²) >= 11 is 1.66. The molecule has 0 spiro atoms. The van der Waals surface area contributed by atoms with Crippen molar-refractivity contribution in [1.29, 1.82) is 0 Å². The van der Waals surface area contributed by atoms with E-state index in [9.17, 15) is 4.79 Å². The van der Waals surface area contributed by atoms with Crippen LogP contribution in [0.3, 0.4) is 0 Å². The van der Waals surface area contributed by atoms with Crippen molar-refractivity contribution in [3.8, 4) is 0 Å². The predicted octanol–water partition coefficient (Wildman–Crippen LogP) is 2.29. The van der Waals surface area contributed by atoms with Crippen molar-refractivity contribution in [1.82, 2.24) is 0 Å². The average Bonchev–Trinajstić information content (AvgIpc) is 2.10. The topological polar surface area (TPSA) is 35.5 Å². The Labute approximate surface area is 97.3 Å². The Kier molecular flexibility index (Phi) is 6.16. The molecule has 0 aliphatic carbocycles. The van der Waals surface area contributed by atoms with Crippen LogP contribution >= 0.6 is 18.6 Å². The van der Waals surface area contributed by atoms with E-state index in [2.05, 4.69) is 20.0 Å². The molecule has 0 saturated heterocycles. The molecule has 0 radical (unpaired) electrons. The van der Waals surface area contributed by atoms with Gasteiger partial charge in [-0.3, -0.25) is 0 Å². The van der Waals surface area contributed by atoms with Crippen molar-refractivity contribution in [3.63, 3.8) is 0 Å². The minimum atomic E-state index is -2.29. The molecule has 0 unspecified atom stereocenters. The zero-order valence-corrected chi connectivity index (χ0v) is 12.1. The Bertz CT molecular complexity index is 210. The number of hydrogen-bond donors (Lipinski definition) is 0. The van der Waals surface area contributed by atoms with Crippen molar-refractivity contribution in [3.05, 3.63) is 0 Å². The Morgan fingerprint density at radius 2 is 1.93 bits per heavy atom. The maximum atomic E-state index is 11.5. The van der Waals surface area contributed by atoms with Gasteiger partial charge in [0.2, 0.25) is 0 Å². The SMILES string of the molecule is COCCP(C)(C)(C)OC(=O)CCSC. The molecule has 0 amide bonds. The van der Waals surface area contributed by atoms with Crippen molar-refractivity contribution in [2.24, 2.45) is 0 Å². The van der Waals surface area contributed by atoms with E-state index in [1.165, 1.54) is 0 Å². The number of methoxy groups -OCH3 is 1. The molecule has 0 bridgehead atoms. The van der Waals surface area contributed by atoms with Gasteiger partial charge >= 0.3 is 96.9 Å². The first-order chi connectivity index (χ1) is 6.78. The van der Waals surface area contributed by atoms with Gasteiger partial charge in [0.1, 0.15) is 0 Å². The van der Waals surface area contributed by atoms with Crippen LogP contribution < -0.4 is 0 Å². The van der Waals surface area contributed by atoms with Gasteiger partial charge in [0.25, 0.3) is 0 Å². The van der Waals surface area contributed by atoms with Crippen molar-refractivity contribution < 1.29 is 14.1 Å². The number of rotatable bonds is 7. The summed E-state index contributed by atoms with van der Waals surface area (Å²) in [5.74, 6) is 0.751. The summed E-state index contributed by atoms with van der Waals surface area (Å²) in [5.41, 5.74) is 0. The van der Waals surface area contributed by atoms with E-state index < -0.39 is 6.83 Å². The van der Waals surface area contributed by atoms with E-state index in [1.807, 2.05) is 6.26 Å². The first-order valence-corrected chi connectivity index (χ1v) is 10.1. The fraction of sp³-hybridized carbons (Fsp3) is 0.900. The molecule has 0 aliphatic heterocycles. The van der Waals surface area contributed by atoms with Gasteiger partial charge in [-0.15, -0.1) is 0 Å². The molecule has 0 rings (SSSR count). The van der Waals surface area contributed by atoms with Crippen molar-refractivity contribution in [2.45, 2.75) is 6.42 Å². The summed E-state index contributed by atoms with van der Waals surface area (Å²) in [6.07, 6.45) is 3.32. The van der Waals surface area contributed by atoms with Gasteiger partial charge in [-0.2, -0.15) is 0 Å². The molecule has 0 aromatic rings. The van der Waals surface area contributed by atoms with E-state index in [1.54, 1.807) is 18.9 Å². The third-order valence-electron chi connectivity index (χ3n) is 2.01. The minimum absolute atomic E-state index is 0.0781. The molecule has 0 aromatic carbocycles. The molecule has 0 fully saturated rings.